The maximum Gasteiger partial charge on any atom is 0.262 e. The Balaban J connectivity index is 1.90. The van der Waals surface area contributed by atoms with Gasteiger partial charge in [0.25, 0.3) is 10.0 Å². The summed E-state index contributed by atoms with van der Waals surface area (Å²) in [4.78, 5) is 12.2. The smallest absolute Gasteiger partial charge is 0.262 e. The summed E-state index contributed by atoms with van der Waals surface area (Å²) in [6.07, 6.45) is 0.529. The van der Waals surface area contributed by atoms with Crippen LogP contribution in [0.25, 0.3) is 0 Å². The quantitative estimate of drug-likeness (QED) is 0.656. The van der Waals surface area contributed by atoms with Crippen LogP contribution in [0, 0.1) is 0 Å². The number of nitrogens with one attached hydrogen (secondary N) is 1. The molecule has 0 atom stereocenters. The summed E-state index contributed by atoms with van der Waals surface area (Å²) >= 11 is 1.13. The van der Waals surface area contributed by atoms with E-state index in [1.54, 1.807) is 24.3 Å². The third-order valence-electron chi connectivity index (χ3n) is 3.69. The van der Waals surface area contributed by atoms with Crippen molar-refractivity contribution in [2.45, 2.75) is 18.2 Å². The van der Waals surface area contributed by atoms with Crippen molar-refractivity contribution < 1.29 is 13.2 Å². The molecule has 3 rings (SSSR count). The van der Waals surface area contributed by atoms with Crippen molar-refractivity contribution in [2.24, 2.45) is 0 Å². The number of benzene rings is 2. The molecule has 0 saturated carbocycles. The van der Waals surface area contributed by atoms with Gasteiger partial charge in [-0.15, -0.1) is 11.3 Å². The van der Waals surface area contributed by atoms with Gasteiger partial charge in [-0.3, -0.25) is 9.52 Å². The Kier molecular flexibility index (Phi) is 5.01. The topological polar surface area (TPSA) is 63.2 Å². The van der Waals surface area contributed by atoms with E-state index in [2.05, 4.69) is 4.72 Å². The largest absolute Gasteiger partial charge is 0.294 e. The minimum absolute atomic E-state index is 0.0834. The molecule has 1 N–H and O–H groups in total. The van der Waals surface area contributed by atoms with Gasteiger partial charge < -0.3 is 0 Å². The number of carbonyl (C=O) groups is 1. The predicted octanol–water partition coefficient (Wildman–Crippen LogP) is 4.34. The van der Waals surface area contributed by atoms with Gasteiger partial charge in [0, 0.05) is 0 Å². The van der Waals surface area contributed by atoms with Crippen molar-refractivity contribution in [1.29, 1.82) is 0 Å². The maximum absolute atomic E-state index is 12.8. The molecule has 0 aliphatic heterocycles. The summed E-state index contributed by atoms with van der Waals surface area (Å²) in [7, 11) is -3.73. The number of Topliss-reactive ketones (excluding diaryl/α,β-unsaturated/α-hetero) is 1. The molecule has 128 valence electrons. The second-order valence-corrected chi connectivity index (χ2v) is 8.33. The lowest BCUT2D eigenvalue weighted by Crippen LogP contribution is -2.14. The van der Waals surface area contributed by atoms with E-state index in [0.717, 1.165) is 22.5 Å². The molecule has 0 spiro atoms. The van der Waals surface area contributed by atoms with Gasteiger partial charge in [0.15, 0.2) is 5.78 Å². The minimum Gasteiger partial charge on any atom is -0.294 e. The first-order valence-corrected chi connectivity index (χ1v) is 10.0. The van der Waals surface area contributed by atoms with Crippen molar-refractivity contribution in [3.63, 3.8) is 0 Å². The number of sulfonamides is 1. The van der Waals surface area contributed by atoms with Crippen molar-refractivity contribution in [1.82, 2.24) is 0 Å². The fraction of sp³-hybridized carbons (Fsp3) is 0.105. The van der Waals surface area contributed by atoms with Crippen molar-refractivity contribution in [3.8, 4) is 0 Å². The second-order valence-electron chi connectivity index (χ2n) is 5.60. The van der Waals surface area contributed by atoms with Crippen LogP contribution in [0.2, 0.25) is 0 Å². The van der Waals surface area contributed by atoms with Crippen LogP contribution in [0.15, 0.2) is 71.6 Å². The summed E-state index contributed by atoms with van der Waals surface area (Å²) in [5, 5.41) is 0.430. The monoisotopic (exact) mass is 371 g/mol. The highest BCUT2D eigenvalue weighted by atomic mass is 32.2. The third kappa shape index (κ3) is 4.15. The number of ketones is 1. The number of thiophene rings is 1. The first kappa shape index (κ1) is 17.4. The molecule has 2 aromatic carbocycles. The lowest BCUT2D eigenvalue weighted by atomic mass is 10.1. The van der Waals surface area contributed by atoms with Gasteiger partial charge in [-0.2, -0.15) is 0 Å². The van der Waals surface area contributed by atoms with Crippen LogP contribution in [0.3, 0.4) is 0 Å². The minimum atomic E-state index is -3.73. The van der Waals surface area contributed by atoms with Crippen molar-refractivity contribution in [3.05, 3.63) is 82.7 Å². The number of hydrogen-bond acceptors (Lipinski definition) is 4. The van der Waals surface area contributed by atoms with Crippen LogP contribution in [-0.4, -0.2) is 14.2 Å². The summed E-state index contributed by atoms with van der Waals surface area (Å²) in [5.41, 5.74) is 1.77. The first-order valence-electron chi connectivity index (χ1n) is 7.71. The van der Waals surface area contributed by atoms with Gasteiger partial charge in [-0.1, -0.05) is 48.5 Å². The number of hydrogen-bond donors (Lipinski definition) is 1. The van der Waals surface area contributed by atoms with E-state index in [4.69, 9.17) is 0 Å². The molecule has 0 radical (unpaired) electrons. The van der Waals surface area contributed by atoms with E-state index < -0.39 is 10.0 Å². The molecular formula is C19H17NO3S2. The highest BCUT2D eigenvalue weighted by Gasteiger charge is 2.19. The molecule has 0 bridgehead atoms. The Morgan fingerprint density at radius 3 is 2.32 bits per heavy atom. The Bertz CT molecular complexity index is 992. The van der Waals surface area contributed by atoms with Gasteiger partial charge in [0.05, 0.1) is 9.77 Å². The molecule has 1 aromatic heterocycles. The Morgan fingerprint density at radius 1 is 0.960 bits per heavy atom. The van der Waals surface area contributed by atoms with Gasteiger partial charge >= 0.3 is 0 Å². The van der Waals surface area contributed by atoms with Crippen LogP contribution in [0.5, 0.6) is 0 Å². The third-order valence-corrected chi connectivity index (χ3v) is 6.38. The molecule has 0 saturated heterocycles. The first-order chi connectivity index (χ1) is 12.0. The van der Waals surface area contributed by atoms with E-state index >= 15 is 0 Å². The number of rotatable bonds is 6. The van der Waals surface area contributed by atoms with Crippen molar-refractivity contribution in [2.75, 3.05) is 4.72 Å². The van der Waals surface area contributed by atoms with E-state index in [9.17, 15) is 13.2 Å². The highest BCUT2D eigenvalue weighted by Crippen LogP contribution is 2.27. The predicted molar refractivity (Wildman–Crippen MR) is 101 cm³/mol. The Morgan fingerprint density at radius 2 is 1.64 bits per heavy atom. The molecule has 1 heterocycles. The summed E-state index contributed by atoms with van der Waals surface area (Å²) in [5.74, 6) is -0.0834. The average Bonchev–Trinajstić information content (AvgIpc) is 3.04. The molecule has 0 unspecified atom stereocenters. The van der Waals surface area contributed by atoms with Crippen LogP contribution < -0.4 is 4.72 Å². The van der Waals surface area contributed by atoms with E-state index in [1.807, 2.05) is 42.5 Å². The van der Waals surface area contributed by atoms with E-state index in [-0.39, 0.29) is 10.7 Å². The average molecular weight is 371 g/mol. The highest BCUT2D eigenvalue weighted by molar-refractivity contribution is 7.93. The van der Waals surface area contributed by atoms with Crippen LogP contribution in [0.1, 0.15) is 27.7 Å². The van der Waals surface area contributed by atoms with Gasteiger partial charge in [0.1, 0.15) is 5.00 Å². The van der Waals surface area contributed by atoms with Crippen LogP contribution in [0.4, 0.5) is 5.00 Å². The van der Waals surface area contributed by atoms with E-state index in [1.165, 1.54) is 6.92 Å². The summed E-state index contributed by atoms with van der Waals surface area (Å²) < 4.78 is 28.2. The summed E-state index contributed by atoms with van der Waals surface area (Å²) in [6.45, 7) is 1.46. The zero-order chi connectivity index (χ0) is 17.9. The zero-order valence-corrected chi connectivity index (χ0v) is 15.2. The standard InChI is InChI=1S/C19H17NO3S2/c1-14(21)17-11-12-19(24-17)20-25(22,23)18-10-6-5-9-16(18)13-15-7-3-2-4-8-15/h2-12,20H,13H2,1H3. The maximum atomic E-state index is 12.8. The van der Waals surface area contributed by atoms with Crippen molar-refractivity contribution >= 4 is 32.1 Å². The molecule has 0 aliphatic carbocycles. The summed E-state index contributed by atoms with van der Waals surface area (Å²) in [6, 6.07) is 19.9. The molecule has 0 fully saturated rings. The molecule has 25 heavy (non-hydrogen) atoms. The Hall–Kier alpha value is -2.44. The fourth-order valence-corrected chi connectivity index (χ4v) is 4.83. The van der Waals surface area contributed by atoms with Gasteiger partial charge in [-0.25, -0.2) is 8.42 Å². The van der Waals surface area contributed by atoms with Crippen LogP contribution >= 0.6 is 11.3 Å². The van der Waals surface area contributed by atoms with Crippen LogP contribution in [-0.2, 0) is 16.4 Å². The molecule has 0 amide bonds. The molecule has 3 aromatic rings. The van der Waals surface area contributed by atoms with Gasteiger partial charge in [-0.05, 0) is 42.7 Å². The second kappa shape index (κ2) is 7.21. The molecular weight excluding hydrogens is 354 g/mol. The van der Waals surface area contributed by atoms with Gasteiger partial charge in [0.2, 0.25) is 0 Å². The lowest BCUT2D eigenvalue weighted by molar-refractivity contribution is 0.102. The number of carbonyl (C=O) groups excluding carboxylic acids is 1. The lowest BCUT2D eigenvalue weighted by Gasteiger charge is -2.11. The fourth-order valence-electron chi connectivity index (χ4n) is 2.50. The SMILES string of the molecule is CC(=O)c1ccc(NS(=O)(=O)c2ccccc2Cc2ccccc2)s1. The normalized spacial score (nSPS) is 11.2. The molecule has 6 heteroatoms. The van der Waals surface area contributed by atoms with E-state index in [0.29, 0.717) is 16.3 Å². The molecule has 4 nitrogen and oxygen atoms in total. The Labute approximate surface area is 151 Å². The molecule has 0 aliphatic rings. The zero-order valence-electron chi connectivity index (χ0n) is 13.6. The number of anilines is 1.